The number of hydrogen-bond acceptors (Lipinski definition) is 4. The van der Waals surface area contributed by atoms with Crippen LogP contribution in [0.25, 0.3) is 66.4 Å². The molecule has 1 aliphatic carbocycles. The van der Waals surface area contributed by atoms with E-state index in [1.165, 1.54) is 56.0 Å². The van der Waals surface area contributed by atoms with Crippen LogP contribution >= 0.6 is 11.3 Å². The molecule has 4 heterocycles. The number of benzene rings is 3. The number of carboxylic acid groups (broad SMARTS) is 1. The van der Waals surface area contributed by atoms with Crippen molar-refractivity contribution in [1.82, 2.24) is 9.38 Å². The van der Waals surface area contributed by atoms with Crippen molar-refractivity contribution in [3.05, 3.63) is 113 Å². The van der Waals surface area contributed by atoms with Gasteiger partial charge in [0.25, 0.3) is 0 Å². The van der Waals surface area contributed by atoms with Gasteiger partial charge in [-0.2, -0.15) is 5.26 Å². The molecular formula is C36H23N3O2S. The van der Waals surface area contributed by atoms with Gasteiger partial charge in [-0.3, -0.25) is 4.40 Å². The number of nitrogens with zero attached hydrogens (tertiary/aromatic N) is 3. The fourth-order valence-electron chi connectivity index (χ4n) is 6.50. The van der Waals surface area contributed by atoms with E-state index >= 15 is 0 Å². The number of rotatable bonds is 4. The van der Waals surface area contributed by atoms with Gasteiger partial charge in [0.1, 0.15) is 17.3 Å². The molecule has 0 radical (unpaired) electrons. The first-order valence-corrected chi connectivity index (χ1v) is 14.5. The Morgan fingerprint density at radius 3 is 2.36 bits per heavy atom. The average molecular weight is 562 g/mol. The lowest BCUT2D eigenvalue weighted by Crippen LogP contribution is -2.15. The monoisotopic (exact) mass is 561 g/mol. The third-order valence-electron chi connectivity index (χ3n) is 8.60. The lowest BCUT2D eigenvalue weighted by atomic mass is 9.81. The van der Waals surface area contributed by atoms with Crippen LogP contribution in [0.5, 0.6) is 0 Å². The van der Waals surface area contributed by atoms with E-state index in [1.54, 1.807) is 6.07 Å². The van der Waals surface area contributed by atoms with Gasteiger partial charge in [0.15, 0.2) is 0 Å². The van der Waals surface area contributed by atoms with Crippen LogP contribution in [0.3, 0.4) is 0 Å². The third-order valence-corrected chi connectivity index (χ3v) is 9.68. The minimum Gasteiger partial charge on any atom is -0.477 e. The number of fused-ring (bicyclic) bond motifs is 6. The molecule has 0 fully saturated rings. The summed E-state index contributed by atoms with van der Waals surface area (Å²) < 4.78 is 2.25. The summed E-state index contributed by atoms with van der Waals surface area (Å²) in [6.07, 6.45) is 1.43. The molecule has 0 amide bonds. The number of thiophene rings is 1. The molecule has 200 valence electrons. The highest BCUT2D eigenvalue weighted by atomic mass is 32.1. The van der Waals surface area contributed by atoms with Crippen molar-refractivity contribution >= 4 is 50.8 Å². The first-order valence-electron chi connectivity index (χ1n) is 13.7. The van der Waals surface area contributed by atoms with Gasteiger partial charge in [-0.25, -0.2) is 9.78 Å². The van der Waals surface area contributed by atoms with Crippen molar-refractivity contribution in [2.75, 3.05) is 0 Å². The number of hydrogen-bond donors (Lipinski definition) is 1. The van der Waals surface area contributed by atoms with Crippen LogP contribution in [0, 0.1) is 11.3 Å². The van der Waals surface area contributed by atoms with Gasteiger partial charge in [-0.15, -0.1) is 11.3 Å². The summed E-state index contributed by atoms with van der Waals surface area (Å²) in [5.74, 6) is -1.22. The van der Waals surface area contributed by atoms with E-state index < -0.39 is 5.97 Å². The molecule has 4 aromatic heterocycles. The highest BCUT2D eigenvalue weighted by Crippen LogP contribution is 2.51. The molecule has 0 bridgehead atoms. The van der Waals surface area contributed by atoms with Crippen LogP contribution in [-0.4, -0.2) is 20.5 Å². The Morgan fingerprint density at radius 1 is 0.905 bits per heavy atom. The van der Waals surface area contributed by atoms with E-state index in [4.69, 9.17) is 10.2 Å². The van der Waals surface area contributed by atoms with Gasteiger partial charge in [0.2, 0.25) is 0 Å². The maximum atomic E-state index is 11.3. The topological polar surface area (TPSA) is 78.4 Å². The summed E-state index contributed by atoms with van der Waals surface area (Å²) in [4.78, 5) is 18.2. The predicted octanol–water partition coefficient (Wildman–Crippen LogP) is 8.77. The highest BCUT2D eigenvalue weighted by molar-refractivity contribution is 7.16. The van der Waals surface area contributed by atoms with E-state index in [0.717, 1.165) is 37.7 Å². The Hall–Kier alpha value is -5.25. The maximum absolute atomic E-state index is 11.3. The summed E-state index contributed by atoms with van der Waals surface area (Å²) in [6, 6.07) is 33.9. The molecule has 0 atom stereocenters. The summed E-state index contributed by atoms with van der Waals surface area (Å²) in [6.45, 7) is 4.54. The molecule has 0 unspecified atom stereocenters. The zero-order valence-corrected chi connectivity index (χ0v) is 23.7. The van der Waals surface area contributed by atoms with E-state index in [1.807, 2.05) is 12.1 Å². The molecular weight excluding hydrogens is 538 g/mol. The molecule has 3 aromatic carbocycles. The number of carbonyl (C=O) groups is 1. The first-order chi connectivity index (χ1) is 20.3. The molecule has 42 heavy (non-hydrogen) atoms. The van der Waals surface area contributed by atoms with Gasteiger partial charge in [-0.05, 0) is 76.4 Å². The minimum atomic E-state index is -1.22. The van der Waals surface area contributed by atoms with Gasteiger partial charge in [-0.1, -0.05) is 62.4 Å². The molecule has 8 rings (SSSR count). The van der Waals surface area contributed by atoms with Crippen molar-refractivity contribution < 1.29 is 9.90 Å². The van der Waals surface area contributed by atoms with Crippen LogP contribution < -0.4 is 0 Å². The molecule has 7 aromatic rings. The van der Waals surface area contributed by atoms with E-state index in [0.29, 0.717) is 0 Å². The Kier molecular flexibility index (Phi) is 5.04. The highest BCUT2D eigenvalue weighted by Gasteiger charge is 2.36. The Balaban J connectivity index is 1.20. The Morgan fingerprint density at radius 2 is 1.62 bits per heavy atom. The van der Waals surface area contributed by atoms with Crippen LogP contribution in [0.4, 0.5) is 0 Å². The largest absolute Gasteiger partial charge is 0.477 e. The zero-order chi connectivity index (χ0) is 28.7. The zero-order valence-electron chi connectivity index (χ0n) is 22.8. The van der Waals surface area contributed by atoms with Gasteiger partial charge >= 0.3 is 5.97 Å². The summed E-state index contributed by atoms with van der Waals surface area (Å²) >= 11 is 1.48. The maximum Gasteiger partial charge on any atom is 0.346 e. The first kappa shape index (κ1) is 24.5. The van der Waals surface area contributed by atoms with Gasteiger partial charge < -0.3 is 5.11 Å². The molecule has 1 N–H and O–H groups in total. The molecule has 1 aliphatic rings. The molecule has 0 spiro atoms. The second-order valence-electron chi connectivity index (χ2n) is 11.3. The average Bonchev–Trinajstić information content (AvgIpc) is 3.76. The smallest absolute Gasteiger partial charge is 0.346 e. The SMILES string of the molecule is CC1(C)c2cc(-c3cc4ccc5c6ccccc6c(n3)n45)ccc2-c2ccc(-c3ccc(/C=C(/C#N)C(=O)O)s3)cc21. The molecule has 5 nitrogen and oxygen atoms in total. The quantitative estimate of drug-likeness (QED) is 0.172. The van der Waals surface area contributed by atoms with Crippen LogP contribution in [-0.2, 0) is 10.2 Å². The predicted molar refractivity (Wildman–Crippen MR) is 169 cm³/mol. The fourth-order valence-corrected chi connectivity index (χ4v) is 7.45. The number of aliphatic carboxylic acids is 1. The van der Waals surface area contributed by atoms with Crippen molar-refractivity contribution in [2.24, 2.45) is 0 Å². The second-order valence-corrected chi connectivity index (χ2v) is 12.4. The van der Waals surface area contributed by atoms with Crippen LogP contribution in [0.1, 0.15) is 29.9 Å². The van der Waals surface area contributed by atoms with Crippen LogP contribution in [0.15, 0.2) is 96.6 Å². The fraction of sp³-hybridized carbons (Fsp3) is 0.0833. The summed E-state index contributed by atoms with van der Waals surface area (Å²) in [5.41, 5.74) is 11.0. The van der Waals surface area contributed by atoms with E-state index in [-0.39, 0.29) is 11.0 Å². The van der Waals surface area contributed by atoms with E-state index in [2.05, 4.69) is 97.1 Å². The van der Waals surface area contributed by atoms with Crippen molar-refractivity contribution in [3.8, 4) is 38.9 Å². The van der Waals surface area contributed by atoms with Crippen molar-refractivity contribution in [1.29, 1.82) is 5.26 Å². The number of nitriles is 1. The van der Waals surface area contributed by atoms with Gasteiger partial charge in [0.05, 0.1) is 11.2 Å². The van der Waals surface area contributed by atoms with Gasteiger partial charge in [0, 0.05) is 37.0 Å². The standard InChI is InChI=1S/C36H23N3O2S/c1-36(2)29-16-20(31-18-23-9-13-32-27-5-3-4-6-28(27)34(38-31)39(23)32)7-11-25(29)26-12-8-21(17-30(26)36)33-14-10-24(42-33)15-22(19-37)35(40)41/h3-18H,1-2H3,(H,40,41)/b22-15-. The van der Waals surface area contributed by atoms with E-state index in [9.17, 15) is 9.90 Å². The normalized spacial score (nSPS) is 14.0. The Labute approximate surface area is 245 Å². The number of aromatic nitrogens is 2. The molecule has 0 aliphatic heterocycles. The lowest BCUT2D eigenvalue weighted by Gasteiger charge is -2.22. The number of carboxylic acids is 1. The van der Waals surface area contributed by atoms with Crippen molar-refractivity contribution in [2.45, 2.75) is 19.3 Å². The second kappa shape index (κ2) is 8.62. The third kappa shape index (κ3) is 3.41. The lowest BCUT2D eigenvalue weighted by molar-refractivity contribution is -0.132. The molecule has 0 saturated heterocycles. The minimum absolute atomic E-state index is 0.219. The molecule has 0 saturated carbocycles. The van der Waals surface area contributed by atoms with Crippen LogP contribution in [0.2, 0.25) is 0 Å². The summed E-state index contributed by atoms with van der Waals surface area (Å²) in [5, 5.41) is 20.7. The molecule has 6 heteroatoms. The van der Waals surface area contributed by atoms with Crippen molar-refractivity contribution in [3.63, 3.8) is 0 Å². The summed E-state index contributed by atoms with van der Waals surface area (Å²) in [7, 11) is 0. The Bertz CT molecular complexity index is 2330.